The molecule has 0 heterocycles. The Kier molecular flexibility index (Phi) is 18.2. The Labute approximate surface area is 191 Å². The SMILES string of the molecule is CCCCCCCC(=O)O[C@H](COC(=O)CCCCCCCNC(C)=O)COP(=O)(O)O. The molecule has 32 heavy (non-hydrogen) atoms. The second-order valence-electron chi connectivity index (χ2n) is 7.75. The summed E-state index contributed by atoms with van der Waals surface area (Å²) in [5.41, 5.74) is 0. The third-order valence-corrected chi connectivity index (χ3v) is 5.06. The number of unbranched alkanes of at least 4 members (excludes halogenated alkanes) is 8. The van der Waals surface area contributed by atoms with E-state index >= 15 is 0 Å². The van der Waals surface area contributed by atoms with E-state index in [2.05, 4.69) is 16.8 Å². The lowest BCUT2D eigenvalue weighted by molar-refractivity contribution is -0.161. The van der Waals surface area contributed by atoms with Crippen LogP contribution < -0.4 is 5.32 Å². The van der Waals surface area contributed by atoms with Gasteiger partial charge in [-0.3, -0.25) is 18.9 Å². The highest BCUT2D eigenvalue weighted by atomic mass is 31.2. The van der Waals surface area contributed by atoms with E-state index in [4.69, 9.17) is 19.3 Å². The number of nitrogens with one attached hydrogen (secondary N) is 1. The van der Waals surface area contributed by atoms with Crippen molar-refractivity contribution in [2.45, 2.75) is 97.0 Å². The maximum absolute atomic E-state index is 12.0. The molecule has 0 saturated heterocycles. The van der Waals surface area contributed by atoms with E-state index < -0.39 is 32.5 Å². The minimum atomic E-state index is -4.74. The minimum Gasteiger partial charge on any atom is -0.462 e. The summed E-state index contributed by atoms with van der Waals surface area (Å²) >= 11 is 0. The Bertz CT molecular complexity index is 580. The highest BCUT2D eigenvalue weighted by molar-refractivity contribution is 7.46. The van der Waals surface area contributed by atoms with Crippen LogP contribution in [0.5, 0.6) is 0 Å². The van der Waals surface area contributed by atoms with Gasteiger partial charge in [0.15, 0.2) is 6.10 Å². The number of phosphoric ester groups is 1. The number of ether oxygens (including phenoxy) is 2. The maximum Gasteiger partial charge on any atom is 0.469 e. The second kappa shape index (κ2) is 19.0. The number of carbonyl (C=O) groups excluding carboxylic acids is 3. The molecule has 1 amide bonds. The predicted octanol–water partition coefficient (Wildman–Crippen LogP) is 3.39. The molecule has 0 radical (unpaired) electrons. The molecule has 0 aliphatic carbocycles. The van der Waals surface area contributed by atoms with Crippen molar-refractivity contribution in [2.75, 3.05) is 19.8 Å². The molecular formula is C21H40NO9P. The number of amides is 1. The van der Waals surface area contributed by atoms with Crippen molar-refractivity contribution in [1.82, 2.24) is 5.32 Å². The molecule has 0 saturated carbocycles. The smallest absolute Gasteiger partial charge is 0.462 e. The van der Waals surface area contributed by atoms with Gasteiger partial charge >= 0.3 is 19.8 Å². The van der Waals surface area contributed by atoms with Gasteiger partial charge in [-0.05, 0) is 19.3 Å². The molecule has 0 aromatic carbocycles. The Morgan fingerprint density at radius 2 is 1.41 bits per heavy atom. The Hall–Kier alpha value is -1.48. The first kappa shape index (κ1) is 30.5. The lowest BCUT2D eigenvalue weighted by Crippen LogP contribution is -2.29. The largest absolute Gasteiger partial charge is 0.469 e. The molecule has 188 valence electrons. The summed E-state index contributed by atoms with van der Waals surface area (Å²) in [6.07, 6.45) is 8.33. The summed E-state index contributed by atoms with van der Waals surface area (Å²) in [6.45, 7) is 3.33. The average molecular weight is 482 g/mol. The molecule has 11 heteroatoms. The van der Waals surface area contributed by atoms with E-state index in [0.717, 1.165) is 51.4 Å². The highest BCUT2D eigenvalue weighted by Gasteiger charge is 2.22. The lowest BCUT2D eigenvalue weighted by atomic mass is 10.1. The molecule has 0 bridgehead atoms. The molecule has 0 spiro atoms. The normalized spacial score (nSPS) is 12.2. The number of hydrogen-bond donors (Lipinski definition) is 3. The average Bonchev–Trinajstić information content (AvgIpc) is 2.71. The molecule has 1 atom stereocenters. The number of esters is 2. The van der Waals surface area contributed by atoms with Crippen LogP contribution in [0.15, 0.2) is 0 Å². The molecule has 0 fully saturated rings. The van der Waals surface area contributed by atoms with Crippen molar-refractivity contribution < 1.29 is 42.7 Å². The first-order valence-corrected chi connectivity index (χ1v) is 13.0. The van der Waals surface area contributed by atoms with E-state index in [1.54, 1.807) is 0 Å². The van der Waals surface area contributed by atoms with Crippen molar-refractivity contribution in [3.05, 3.63) is 0 Å². The summed E-state index contributed by atoms with van der Waals surface area (Å²) < 4.78 is 25.6. The van der Waals surface area contributed by atoms with Gasteiger partial charge in [0.1, 0.15) is 6.61 Å². The Balaban J connectivity index is 4.15. The summed E-state index contributed by atoms with van der Waals surface area (Å²) in [5, 5.41) is 2.73. The van der Waals surface area contributed by atoms with Crippen LogP contribution in [0.25, 0.3) is 0 Å². The zero-order valence-corrected chi connectivity index (χ0v) is 20.3. The van der Waals surface area contributed by atoms with Gasteiger partial charge in [-0.1, -0.05) is 51.9 Å². The van der Waals surface area contributed by atoms with Crippen LogP contribution in [0.2, 0.25) is 0 Å². The van der Waals surface area contributed by atoms with Crippen LogP contribution in [0.1, 0.15) is 90.9 Å². The minimum absolute atomic E-state index is 0.0464. The van der Waals surface area contributed by atoms with Crippen molar-refractivity contribution in [1.29, 1.82) is 0 Å². The molecule has 0 aliphatic heterocycles. The summed E-state index contributed by atoms with van der Waals surface area (Å²) in [4.78, 5) is 52.4. The summed E-state index contributed by atoms with van der Waals surface area (Å²) in [6, 6.07) is 0. The fourth-order valence-corrected chi connectivity index (χ4v) is 3.22. The molecule has 10 nitrogen and oxygen atoms in total. The molecule has 0 aromatic rings. The Morgan fingerprint density at radius 3 is 2.00 bits per heavy atom. The maximum atomic E-state index is 12.0. The molecule has 0 rings (SSSR count). The summed E-state index contributed by atoms with van der Waals surface area (Å²) in [5.74, 6) is -1.04. The topological polar surface area (TPSA) is 148 Å². The lowest BCUT2D eigenvalue weighted by Gasteiger charge is -2.18. The van der Waals surface area contributed by atoms with Gasteiger partial charge in [-0.25, -0.2) is 4.57 Å². The second-order valence-corrected chi connectivity index (χ2v) is 8.99. The number of carbonyl (C=O) groups is 3. The highest BCUT2D eigenvalue weighted by Crippen LogP contribution is 2.35. The van der Waals surface area contributed by atoms with Crippen molar-refractivity contribution >= 4 is 25.7 Å². The van der Waals surface area contributed by atoms with E-state index in [-0.39, 0.29) is 25.4 Å². The third kappa shape index (κ3) is 21.7. The first-order chi connectivity index (χ1) is 15.1. The van der Waals surface area contributed by atoms with Crippen LogP contribution >= 0.6 is 7.82 Å². The van der Waals surface area contributed by atoms with Gasteiger partial charge in [0.25, 0.3) is 0 Å². The van der Waals surface area contributed by atoms with Gasteiger partial charge in [0.2, 0.25) is 5.91 Å². The Morgan fingerprint density at radius 1 is 0.844 bits per heavy atom. The van der Waals surface area contributed by atoms with E-state index in [9.17, 15) is 18.9 Å². The molecule has 3 N–H and O–H groups in total. The van der Waals surface area contributed by atoms with E-state index in [0.29, 0.717) is 19.4 Å². The van der Waals surface area contributed by atoms with Crippen LogP contribution in [0.3, 0.4) is 0 Å². The van der Waals surface area contributed by atoms with Crippen molar-refractivity contribution in [3.63, 3.8) is 0 Å². The number of rotatable bonds is 20. The number of hydrogen-bond acceptors (Lipinski definition) is 7. The van der Waals surface area contributed by atoms with Crippen LogP contribution in [0.4, 0.5) is 0 Å². The van der Waals surface area contributed by atoms with Crippen LogP contribution in [-0.2, 0) is 32.9 Å². The van der Waals surface area contributed by atoms with Crippen LogP contribution in [0, 0.1) is 0 Å². The van der Waals surface area contributed by atoms with Crippen molar-refractivity contribution in [2.24, 2.45) is 0 Å². The zero-order valence-electron chi connectivity index (χ0n) is 19.4. The van der Waals surface area contributed by atoms with Gasteiger partial charge in [-0.15, -0.1) is 0 Å². The zero-order chi connectivity index (χ0) is 24.2. The molecule has 0 aromatic heterocycles. The quantitative estimate of drug-likeness (QED) is 0.135. The fourth-order valence-electron chi connectivity index (χ4n) is 2.86. The predicted molar refractivity (Wildman–Crippen MR) is 119 cm³/mol. The summed E-state index contributed by atoms with van der Waals surface area (Å²) in [7, 11) is -4.74. The molecule has 0 unspecified atom stereocenters. The fraction of sp³-hybridized carbons (Fsp3) is 0.857. The van der Waals surface area contributed by atoms with Crippen LogP contribution in [-0.4, -0.2) is 53.5 Å². The van der Waals surface area contributed by atoms with Gasteiger partial charge < -0.3 is 24.6 Å². The first-order valence-electron chi connectivity index (χ1n) is 11.4. The third-order valence-electron chi connectivity index (χ3n) is 4.57. The van der Waals surface area contributed by atoms with Gasteiger partial charge in [0.05, 0.1) is 6.61 Å². The molecular weight excluding hydrogens is 441 g/mol. The van der Waals surface area contributed by atoms with Gasteiger partial charge in [0, 0.05) is 26.3 Å². The van der Waals surface area contributed by atoms with Gasteiger partial charge in [-0.2, -0.15) is 0 Å². The van der Waals surface area contributed by atoms with Crippen molar-refractivity contribution in [3.8, 4) is 0 Å². The monoisotopic (exact) mass is 481 g/mol. The standard InChI is InChI=1S/C21H40NO9P/c1-3-4-5-7-11-14-21(25)31-19(17-30-32(26,27)28)16-29-20(24)13-10-8-6-9-12-15-22-18(2)23/h19H,3-17H2,1-2H3,(H,22,23)(H2,26,27,28)/t19-/m1/s1. The van der Waals surface area contributed by atoms with E-state index in [1.807, 2.05) is 0 Å². The molecule has 0 aliphatic rings. The van der Waals surface area contributed by atoms with E-state index in [1.165, 1.54) is 6.92 Å². The number of phosphoric acid groups is 1.